The molecule has 6 heteroatoms. The first kappa shape index (κ1) is 14.6. The molecule has 5 nitrogen and oxygen atoms in total. The van der Waals surface area contributed by atoms with Gasteiger partial charge in [-0.15, -0.1) is 11.3 Å². The molecule has 20 heavy (non-hydrogen) atoms. The number of nitrogen functional groups attached to an aromatic ring is 1. The standard InChI is InChI=1S/C14H20N4OS/c1-3-8-19-13-10(15)5-6-12(18-13)17-11(4-2)14-16-7-9-20-14/h5-7,9,11H,3-4,8,15H2,1-2H3,(H,17,18). The maximum absolute atomic E-state index is 5.86. The predicted octanol–water partition coefficient (Wildman–Crippen LogP) is 3.47. The molecule has 0 bridgehead atoms. The minimum atomic E-state index is 0.158. The molecule has 1 atom stereocenters. The number of rotatable bonds is 7. The monoisotopic (exact) mass is 292 g/mol. The molecule has 0 aromatic carbocycles. The van der Waals surface area contributed by atoms with Gasteiger partial charge in [0.2, 0.25) is 5.88 Å². The molecule has 0 aliphatic carbocycles. The Labute approximate surface area is 123 Å². The molecule has 3 N–H and O–H groups in total. The molecular weight excluding hydrogens is 272 g/mol. The lowest BCUT2D eigenvalue weighted by atomic mass is 10.2. The zero-order chi connectivity index (χ0) is 14.4. The summed E-state index contributed by atoms with van der Waals surface area (Å²) in [5, 5.41) is 6.41. The van der Waals surface area contributed by atoms with E-state index in [-0.39, 0.29) is 6.04 Å². The second kappa shape index (κ2) is 7.09. The summed E-state index contributed by atoms with van der Waals surface area (Å²) in [7, 11) is 0. The fourth-order valence-electron chi connectivity index (χ4n) is 1.77. The van der Waals surface area contributed by atoms with Crippen molar-refractivity contribution in [1.29, 1.82) is 0 Å². The lowest BCUT2D eigenvalue weighted by molar-refractivity contribution is 0.307. The topological polar surface area (TPSA) is 73.1 Å². The van der Waals surface area contributed by atoms with Gasteiger partial charge >= 0.3 is 0 Å². The van der Waals surface area contributed by atoms with Crippen LogP contribution in [0.1, 0.15) is 37.7 Å². The molecule has 0 fully saturated rings. The summed E-state index contributed by atoms with van der Waals surface area (Å²) in [5.41, 5.74) is 6.42. The number of nitrogens with two attached hydrogens (primary N) is 1. The van der Waals surface area contributed by atoms with Crippen LogP contribution in [0.4, 0.5) is 11.5 Å². The Morgan fingerprint density at radius 2 is 2.25 bits per heavy atom. The summed E-state index contributed by atoms with van der Waals surface area (Å²) >= 11 is 1.64. The Bertz CT molecular complexity index is 530. The van der Waals surface area contributed by atoms with Crippen LogP contribution >= 0.6 is 11.3 Å². The Hall–Kier alpha value is -1.82. The second-order valence-electron chi connectivity index (χ2n) is 4.41. The Morgan fingerprint density at radius 1 is 1.40 bits per heavy atom. The fraction of sp³-hybridized carbons (Fsp3) is 0.429. The molecule has 0 saturated heterocycles. The van der Waals surface area contributed by atoms with E-state index in [1.54, 1.807) is 11.3 Å². The maximum Gasteiger partial charge on any atom is 0.239 e. The number of pyridine rings is 1. The molecule has 2 aromatic rings. The Morgan fingerprint density at radius 3 is 2.90 bits per heavy atom. The molecule has 2 heterocycles. The number of hydrogen-bond acceptors (Lipinski definition) is 6. The summed E-state index contributed by atoms with van der Waals surface area (Å²) in [6.07, 6.45) is 3.68. The van der Waals surface area contributed by atoms with Crippen LogP contribution in [0.2, 0.25) is 0 Å². The average molecular weight is 292 g/mol. The van der Waals surface area contributed by atoms with E-state index >= 15 is 0 Å². The van der Waals surface area contributed by atoms with Crippen molar-refractivity contribution in [2.75, 3.05) is 17.7 Å². The van der Waals surface area contributed by atoms with Crippen LogP contribution in [0.25, 0.3) is 0 Å². The van der Waals surface area contributed by atoms with Crippen LogP contribution in [0.15, 0.2) is 23.7 Å². The van der Waals surface area contributed by atoms with Gasteiger partial charge in [0, 0.05) is 11.6 Å². The van der Waals surface area contributed by atoms with Crippen molar-refractivity contribution in [3.8, 4) is 5.88 Å². The zero-order valence-corrected chi connectivity index (χ0v) is 12.6. The van der Waals surface area contributed by atoms with E-state index in [1.807, 2.05) is 30.6 Å². The normalized spacial score (nSPS) is 12.1. The summed E-state index contributed by atoms with van der Waals surface area (Å²) in [6, 6.07) is 3.84. The lowest BCUT2D eigenvalue weighted by Crippen LogP contribution is -2.11. The van der Waals surface area contributed by atoms with Gasteiger partial charge < -0.3 is 15.8 Å². The quantitative estimate of drug-likeness (QED) is 0.817. The Kier molecular flexibility index (Phi) is 5.17. The van der Waals surface area contributed by atoms with E-state index in [0.29, 0.717) is 18.2 Å². The highest BCUT2D eigenvalue weighted by atomic mass is 32.1. The third kappa shape index (κ3) is 3.60. The molecule has 0 aliphatic heterocycles. The van der Waals surface area contributed by atoms with Crippen molar-refractivity contribution < 1.29 is 4.74 Å². The molecular formula is C14H20N4OS. The largest absolute Gasteiger partial charge is 0.476 e. The molecule has 0 spiro atoms. The minimum absolute atomic E-state index is 0.158. The van der Waals surface area contributed by atoms with Crippen LogP contribution < -0.4 is 15.8 Å². The highest BCUT2D eigenvalue weighted by Crippen LogP contribution is 2.26. The van der Waals surface area contributed by atoms with Gasteiger partial charge in [0.15, 0.2) is 0 Å². The van der Waals surface area contributed by atoms with Crippen molar-refractivity contribution >= 4 is 22.8 Å². The van der Waals surface area contributed by atoms with E-state index in [2.05, 4.69) is 22.2 Å². The van der Waals surface area contributed by atoms with Crippen LogP contribution in [0, 0.1) is 0 Å². The van der Waals surface area contributed by atoms with Crippen molar-refractivity contribution in [3.63, 3.8) is 0 Å². The molecule has 2 rings (SSSR count). The van der Waals surface area contributed by atoms with E-state index in [0.717, 1.165) is 23.7 Å². The van der Waals surface area contributed by atoms with Gasteiger partial charge in [0.1, 0.15) is 10.8 Å². The highest BCUT2D eigenvalue weighted by Gasteiger charge is 2.13. The second-order valence-corrected chi connectivity index (χ2v) is 5.34. The van der Waals surface area contributed by atoms with E-state index in [1.165, 1.54) is 0 Å². The first-order valence-electron chi connectivity index (χ1n) is 6.79. The third-order valence-electron chi connectivity index (χ3n) is 2.81. The van der Waals surface area contributed by atoms with E-state index in [9.17, 15) is 0 Å². The van der Waals surface area contributed by atoms with Crippen molar-refractivity contribution in [2.45, 2.75) is 32.7 Å². The van der Waals surface area contributed by atoms with E-state index in [4.69, 9.17) is 10.5 Å². The molecule has 108 valence electrons. The lowest BCUT2D eigenvalue weighted by Gasteiger charge is -2.16. The van der Waals surface area contributed by atoms with Gasteiger partial charge in [-0.1, -0.05) is 13.8 Å². The number of anilines is 2. The molecule has 1 unspecified atom stereocenters. The van der Waals surface area contributed by atoms with Gasteiger partial charge in [-0.25, -0.2) is 4.98 Å². The summed E-state index contributed by atoms with van der Waals surface area (Å²) in [4.78, 5) is 8.77. The average Bonchev–Trinajstić information content (AvgIpc) is 2.99. The van der Waals surface area contributed by atoms with Crippen molar-refractivity contribution in [3.05, 3.63) is 28.7 Å². The van der Waals surface area contributed by atoms with Gasteiger partial charge in [-0.05, 0) is 25.0 Å². The summed E-state index contributed by atoms with van der Waals surface area (Å²) in [5.74, 6) is 1.25. The molecule has 0 amide bonds. The Balaban J connectivity index is 2.12. The zero-order valence-electron chi connectivity index (χ0n) is 11.8. The van der Waals surface area contributed by atoms with Crippen molar-refractivity contribution in [2.24, 2.45) is 0 Å². The molecule has 0 saturated carbocycles. The van der Waals surface area contributed by atoms with Crippen LogP contribution in [-0.4, -0.2) is 16.6 Å². The maximum atomic E-state index is 5.86. The van der Waals surface area contributed by atoms with Gasteiger partial charge in [0.05, 0.1) is 18.3 Å². The molecule has 0 radical (unpaired) electrons. The van der Waals surface area contributed by atoms with Crippen molar-refractivity contribution in [1.82, 2.24) is 9.97 Å². The number of hydrogen-bond donors (Lipinski definition) is 2. The number of ether oxygens (including phenoxy) is 1. The molecule has 0 aliphatic rings. The first-order valence-corrected chi connectivity index (χ1v) is 7.67. The summed E-state index contributed by atoms with van der Waals surface area (Å²) in [6.45, 7) is 4.78. The van der Waals surface area contributed by atoms with Gasteiger partial charge in [0.25, 0.3) is 0 Å². The predicted molar refractivity (Wildman–Crippen MR) is 83.2 cm³/mol. The van der Waals surface area contributed by atoms with Gasteiger partial charge in [-0.2, -0.15) is 4.98 Å². The van der Waals surface area contributed by atoms with Crippen LogP contribution in [0.5, 0.6) is 5.88 Å². The van der Waals surface area contributed by atoms with Crippen LogP contribution in [0.3, 0.4) is 0 Å². The first-order chi connectivity index (χ1) is 9.74. The third-order valence-corrected chi connectivity index (χ3v) is 3.70. The summed E-state index contributed by atoms with van der Waals surface area (Å²) < 4.78 is 5.54. The number of thiazole rings is 1. The number of aromatic nitrogens is 2. The molecule has 2 aromatic heterocycles. The minimum Gasteiger partial charge on any atom is -0.476 e. The smallest absolute Gasteiger partial charge is 0.239 e. The van der Waals surface area contributed by atoms with E-state index < -0.39 is 0 Å². The SMILES string of the molecule is CCCOc1nc(NC(CC)c2nccs2)ccc1N. The fourth-order valence-corrected chi connectivity index (χ4v) is 2.54. The van der Waals surface area contributed by atoms with Crippen LogP contribution in [-0.2, 0) is 0 Å². The number of nitrogens with zero attached hydrogens (tertiary/aromatic N) is 2. The number of nitrogens with one attached hydrogen (secondary N) is 1. The van der Waals surface area contributed by atoms with Gasteiger partial charge in [-0.3, -0.25) is 0 Å². The highest BCUT2D eigenvalue weighted by molar-refractivity contribution is 7.09.